The third-order valence-corrected chi connectivity index (χ3v) is 5.45. The Balaban J connectivity index is 3.21. The molecule has 0 radical (unpaired) electrons. The third kappa shape index (κ3) is 23.4. The molecule has 0 heterocycles. The van der Waals surface area contributed by atoms with Crippen LogP contribution in [0.5, 0.6) is 0 Å². The molecule has 2 N–H and O–H groups in total. The topological polar surface area (TPSA) is 26.0 Å². The maximum absolute atomic E-state index is 6.21. The fourth-order valence-corrected chi connectivity index (χ4v) is 3.55. The van der Waals surface area contributed by atoms with E-state index in [4.69, 9.17) is 5.73 Å². The summed E-state index contributed by atoms with van der Waals surface area (Å²) in [6, 6.07) is 0.458. The molecule has 1 unspecified atom stereocenters. The summed E-state index contributed by atoms with van der Waals surface area (Å²) in [6.45, 7) is 4.53. The van der Waals surface area contributed by atoms with Gasteiger partial charge in [0.2, 0.25) is 0 Å². The summed E-state index contributed by atoms with van der Waals surface area (Å²) in [5, 5.41) is 0. The van der Waals surface area contributed by atoms with E-state index >= 15 is 0 Å². The van der Waals surface area contributed by atoms with E-state index in [-0.39, 0.29) is 0 Å². The number of hydrogen-bond donors (Lipinski definition) is 1. The molecule has 1 heteroatoms. The van der Waals surface area contributed by atoms with Crippen LogP contribution < -0.4 is 5.73 Å². The van der Waals surface area contributed by atoms with Gasteiger partial charge in [-0.25, -0.2) is 0 Å². The van der Waals surface area contributed by atoms with Crippen molar-refractivity contribution in [2.45, 2.75) is 142 Å². The van der Waals surface area contributed by atoms with Crippen LogP contribution in [0.15, 0.2) is 24.3 Å². The van der Waals surface area contributed by atoms with Gasteiger partial charge in [0.05, 0.1) is 0 Å². The maximum Gasteiger partial charge on any atom is 0.00388 e. The fourth-order valence-electron chi connectivity index (χ4n) is 3.55. The van der Waals surface area contributed by atoms with Crippen LogP contribution in [0.25, 0.3) is 0 Å². The SMILES string of the molecule is CCCCCC=CCC=CCCCCCCCCCC(N)CCCCCC. The number of unbranched alkanes of at least 4 members (excludes halogenated alkanes) is 13. The Hall–Kier alpha value is -0.560. The van der Waals surface area contributed by atoms with Crippen LogP contribution in [-0.4, -0.2) is 6.04 Å². The molecule has 0 aliphatic rings. The minimum Gasteiger partial charge on any atom is -0.328 e. The Bertz CT molecular complexity index is 318. The van der Waals surface area contributed by atoms with Gasteiger partial charge in [0.1, 0.15) is 0 Å². The second kappa shape index (κ2) is 23.5. The van der Waals surface area contributed by atoms with Crippen molar-refractivity contribution in [2.24, 2.45) is 5.73 Å². The molecule has 0 aliphatic heterocycles. The highest BCUT2D eigenvalue weighted by Crippen LogP contribution is 2.13. The first-order valence-electron chi connectivity index (χ1n) is 12.4. The second-order valence-corrected chi connectivity index (χ2v) is 8.34. The van der Waals surface area contributed by atoms with Crippen molar-refractivity contribution in [2.75, 3.05) is 0 Å². The quantitative estimate of drug-likeness (QED) is 0.157. The lowest BCUT2D eigenvalue weighted by Gasteiger charge is -2.11. The van der Waals surface area contributed by atoms with Crippen molar-refractivity contribution in [1.29, 1.82) is 0 Å². The van der Waals surface area contributed by atoms with Crippen LogP contribution in [0.4, 0.5) is 0 Å². The van der Waals surface area contributed by atoms with Gasteiger partial charge in [-0.3, -0.25) is 0 Å². The first-order chi connectivity index (χ1) is 13.3. The zero-order valence-electron chi connectivity index (χ0n) is 18.9. The Morgan fingerprint density at radius 3 is 1.48 bits per heavy atom. The van der Waals surface area contributed by atoms with Crippen molar-refractivity contribution in [1.82, 2.24) is 0 Å². The van der Waals surface area contributed by atoms with Crippen molar-refractivity contribution in [3.05, 3.63) is 24.3 Å². The van der Waals surface area contributed by atoms with Gasteiger partial charge in [-0.1, -0.05) is 115 Å². The molecule has 0 bridgehead atoms. The Kier molecular flexibility index (Phi) is 23.0. The predicted molar refractivity (Wildman–Crippen MR) is 125 cm³/mol. The van der Waals surface area contributed by atoms with E-state index in [1.54, 1.807) is 0 Å². The van der Waals surface area contributed by atoms with E-state index in [0.717, 1.165) is 6.42 Å². The first kappa shape index (κ1) is 26.4. The number of nitrogens with two attached hydrogens (primary N) is 1. The fraction of sp³-hybridized carbons (Fsp3) is 0.846. The summed E-state index contributed by atoms with van der Waals surface area (Å²) < 4.78 is 0. The maximum atomic E-state index is 6.21. The molecule has 0 aliphatic carbocycles. The van der Waals surface area contributed by atoms with E-state index in [9.17, 15) is 0 Å². The molecule has 0 aromatic carbocycles. The summed E-state index contributed by atoms with van der Waals surface area (Å²) in [5.74, 6) is 0. The highest BCUT2D eigenvalue weighted by molar-refractivity contribution is 4.92. The lowest BCUT2D eigenvalue weighted by Crippen LogP contribution is -2.19. The largest absolute Gasteiger partial charge is 0.328 e. The van der Waals surface area contributed by atoms with Gasteiger partial charge in [0.15, 0.2) is 0 Å². The van der Waals surface area contributed by atoms with Crippen LogP contribution in [0.1, 0.15) is 136 Å². The van der Waals surface area contributed by atoms with Crippen LogP contribution in [0.2, 0.25) is 0 Å². The van der Waals surface area contributed by atoms with Crippen LogP contribution in [0.3, 0.4) is 0 Å². The van der Waals surface area contributed by atoms with Crippen molar-refractivity contribution in [3.8, 4) is 0 Å². The van der Waals surface area contributed by atoms with E-state index < -0.39 is 0 Å². The van der Waals surface area contributed by atoms with Crippen molar-refractivity contribution in [3.63, 3.8) is 0 Å². The monoisotopic (exact) mass is 377 g/mol. The summed E-state index contributed by atoms with van der Waals surface area (Å²) in [7, 11) is 0. The normalized spacial score (nSPS) is 13.1. The molecule has 0 aromatic heterocycles. The lowest BCUT2D eigenvalue weighted by molar-refractivity contribution is 0.486. The molecule has 27 heavy (non-hydrogen) atoms. The molecular weight excluding hydrogens is 326 g/mol. The molecule has 0 aromatic rings. The lowest BCUT2D eigenvalue weighted by atomic mass is 10.0. The third-order valence-electron chi connectivity index (χ3n) is 5.45. The molecule has 1 nitrogen and oxygen atoms in total. The molecule has 0 rings (SSSR count). The van der Waals surface area contributed by atoms with Crippen molar-refractivity contribution < 1.29 is 0 Å². The standard InChI is InChI=1S/C26H51N/c1-3-5-7-9-10-11-12-13-14-15-16-17-18-19-20-21-23-25-26(27)24-22-8-6-4-2/h10-11,13-14,26H,3-9,12,15-25,27H2,1-2H3. The second-order valence-electron chi connectivity index (χ2n) is 8.34. The minimum atomic E-state index is 0.458. The number of rotatable bonds is 21. The Morgan fingerprint density at radius 1 is 0.519 bits per heavy atom. The molecule has 1 atom stereocenters. The molecule has 160 valence electrons. The van der Waals surface area contributed by atoms with Gasteiger partial charge in [-0.2, -0.15) is 0 Å². The Morgan fingerprint density at radius 2 is 0.926 bits per heavy atom. The van der Waals surface area contributed by atoms with Crippen LogP contribution in [0, 0.1) is 0 Å². The number of allylic oxidation sites excluding steroid dienone is 4. The number of hydrogen-bond acceptors (Lipinski definition) is 1. The van der Waals surface area contributed by atoms with Crippen LogP contribution in [-0.2, 0) is 0 Å². The first-order valence-corrected chi connectivity index (χ1v) is 12.4. The van der Waals surface area contributed by atoms with E-state index in [0.29, 0.717) is 6.04 Å². The smallest absolute Gasteiger partial charge is 0.00388 e. The Labute approximate surface area is 172 Å². The average molecular weight is 378 g/mol. The van der Waals surface area contributed by atoms with E-state index in [1.165, 1.54) is 116 Å². The summed E-state index contributed by atoms with van der Waals surface area (Å²) in [6.07, 6.45) is 34.6. The van der Waals surface area contributed by atoms with Gasteiger partial charge in [0, 0.05) is 6.04 Å². The zero-order chi connectivity index (χ0) is 19.8. The van der Waals surface area contributed by atoms with Gasteiger partial charge >= 0.3 is 0 Å². The molecule has 0 saturated carbocycles. The van der Waals surface area contributed by atoms with Crippen LogP contribution >= 0.6 is 0 Å². The molecule has 0 saturated heterocycles. The summed E-state index contributed by atoms with van der Waals surface area (Å²) in [4.78, 5) is 0. The van der Waals surface area contributed by atoms with Gasteiger partial charge in [-0.05, 0) is 44.9 Å². The van der Waals surface area contributed by atoms with E-state index in [2.05, 4.69) is 38.2 Å². The molecule has 0 spiro atoms. The molecule has 0 amide bonds. The zero-order valence-corrected chi connectivity index (χ0v) is 18.9. The van der Waals surface area contributed by atoms with Crippen molar-refractivity contribution >= 4 is 0 Å². The summed E-state index contributed by atoms with van der Waals surface area (Å²) in [5.41, 5.74) is 6.21. The highest BCUT2D eigenvalue weighted by atomic mass is 14.6. The van der Waals surface area contributed by atoms with Gasteiger partial charge < -0.3 is 5.73 Å². The molecular formula is C26H51N. The predicted octanol–water partition coefficient (Wildman–Crippen LogP) is 8.88. The van der Waals surface area contributed by atoms with Gasteiger partial charge in [0.25, 0.3) is 0 Å². The highest BCUT2D eigenvalue weighted by Gasteiger charge is 2.02. The van der Waals surface area contributed by atoms with E-state index in [1.807, 2.05) is 0 Å². The average Bonchev–Trinajstić information content (AvgIpc) is 2.67. The summed E-state index contributed by atoms with van der Waals surface area (Å²) >= 11 is 0. The van der Waals surface area contributed by atoms with Gasteiger partial charge in [-0.15, -0.1) is 0 Å². The minimum absolute atomic E-state index is 0.458. The molecule has 0 fully saturated rings.